The maximum Gasteiger partial charge on any atom is 0.305 e. The molecule has 148 valence electrons. The molecule has 1 saturated carbocycles. The SMILES string of the molecule is CCCCC[C@H](O)/C=C/[C@H]1C(=O)C[C@H](O)C1C/C=C\CCCC(=O)OC. The van der Waals surface area contributed by atoms with Crippen LogP contribution in [0.25, 0.3) is 0 Å². The summed E-state index contributed by atoms with van der Waals surface area (Å²) in [6, 6.07) is 0. The maximum absolute atomic E-state index is 12.1. The van der Waals surface area contributed by atoms with Gasteiger partial charge in [-0.3, -0.25) is 9.59 Å². The van der Waals surface area contributed by atoms with Gasteiger partial charge in [-0.15, -0.1) is 0 Å². The lowest BCUT2D eigenvalue weighted by atomic mass is 9.90. The standard InChI is InChI=1S/C21H34O5/c1-3-4-7-10-16(22)13-14-18-17(19(23)15-20(18)24)11-8-5-6-9-12-21(25)26-2/h5,8,13-14,16-19,22-23H,3-4,6-7,9-12,15H2,1-2H3/b8-5-,14-13+/t16-,17?,18+,19-/m0/s1. The van der Waals surface area contributed by atoms with Crippen molar-refractivity contribution < 1.29 is 24.5 Å². The normalized spacial score (nSPS) is 24.6. The molecule has 4 atom stereocenters. The molecule has 0 aromatic heterocycles. The number of esters is 1. The molecular weight excluding hydrogens is 332 g/mol. The molecule has 5 heteroatoms. The van der Waals surface area contributed by atoms with E-state index in [-0.39, 0.29) is 30.0 Å². The van der Waals surface area contributed by atoms with Crippen LogP contribution >= 0.6 is 0 Å². The monoisotopic (exact) mass is 366 g/mol. The fourth-order valence-electron chi connectivity index (χ4n) is 3.31. The lowest BCUT2D eigenvalue weighted by Gasteiger charge is -2.17. The third kappa shape index (κ3) is 8.28. The van der Waals surface area contributed by atoms with Crippen LogP contribution in [0, 0.1) is 11.8 Å². The largest absolute Gasteiger partial charge is 0.469 e. The van der Waals surface area contributed by atoms with Crippen LogP contribution in [0.5, 0.6) is 0 Å². The predicted molar refractivity (Wildman–Crippen MR) is 102 cm³/mol. The van der Waals surface area contributed by atoms with Crippen LogP contribution in [0.4, 0.5) is 0 Å². The number of ether oxygens (including phenoxy) is 1. The quantitative estimate of drug-likeness (QED) is 0.314. The van der Waals surface area contributed by atoms with E-state index in [9.17, 15) is 19.8 Å². The van der Waals surface area contributed by atoms with E-state index >= 15 is 0 Å². The summed E-state index contributed by atoms with van der Waals surface area (Å²) in [5, 5.41) is 20.2. The molecule has 1 aliphatic rings. The lowest BCUT2D eigenvalue weighted by molar-refractivity contribution is -0.140. The number of carbonyl (C=O) groups excluding carboxylic acids is 2. The van der Waals surface area contributed by atoms with Crippen LogP contribution < -0.4 is 0 Å². The molecule has 0 spiro atoms. The second kappa shape index (κ2) is 12.8. The van der Waals surface area contributed by atoms with Crippen molar-refractivity contribution in [3.05, 3.63) is 24.3 Å². The molecule has 0 heterocycles. The molecule has 5 nitrogen and oxygen atoms in total. The van der Waals surface area contributed by atoms with E-state index < -0.39 is 12.2 Å². The summed E-state index contributed by atoms with van der Waals surface area (Å²) in [5.41, 5.74) is 0. The highest BCUT2D eigenvalue weighted by Gasteiger charge is 2.39. The van der Waals surface area contributed by atoms with E-state index in [0.717, 1.165) is 32.1 Å². The highest BCUT2D eigenvalue weighted by molar-refractivity contribution is 5.86. The maximum atomic E-state index is 12.1. The van der Waals surface area contributed by atoms with Crippen LogP contribution in [0.15, 0.2) is 24.3 Å². The summed E-state index contributed by atoms with van der Waals surface area (Å²) in [6.45, 7) is 2.12. The number of methoxy groups -OCH3 is 1. The molecule has 0 aromatic carbocycles. The number of unbranched alkanes of at least 4 members (excludes halogenated alkanes) is 3. The number of hydrogen-bond donors (Lipinski definition) is 2. The molecule has 0 radical (unpaired) electrons. The number of ketones is 1. The summed E-state index contributed by atoms with van der Waals surface area (Å²) in [4.78, 5) is 23.2. The van der Waals surface area contributed by atoms with Gasteiger partial charge in [-0.1, -0.05) is 50.5 Å². The number of hydrogen-bond acceptors (Lipinski definition) is 5. The first-order chi connectivity index (χ1) is 12.5. The van der Waals surface area contributed by atoms with Crippen molar-refractivity contribution in [2.45, 2.75) is 76.9 Å². The first kappa shape index (κ1) is 22.6. The molecule has 1 aliphatic carbocycles. The minimum absolute atomic E-state index is 0.0404. The van der Waals surface area contributed by atoms with Crippen LogP contribution in [-0.4, -0.2) is 41.3 Å². The van der Waals surface area contributed by atoms with E-state index in [4.69, 9.17) is 0 Å². The number of rotatable bonds is 12. The van der Waals surface area contributed by atoms with Crippen molar-refractivity contribution in [1.29, 1.82) is 0 Å². The summed E-state index contributed by atoms with van der Waals surface area (Å²) >= 11 is 0. The molecule has 1 rings (SSSR count). The van der Waals surface area contributed by atoms with Gasteiger partial charge in [0.05, 0.1) is 19.3 Å². The van der Waals surface area contributed by atoms with Crippen molar-refractivity contribution in [1.82, 2.24) is 0 Å². The van der Waals surface area contributed by atoms with Gasteiger partial charge in [-0.05, 0) is 25.7 Å². The van der Waals surface area contributed by atoms with Crippen molar-refractivity contribution in [2.24, 2.45) is 11.8 Å². The zero-order valence-corrected chi connectivity index (χ0v) is 16.1. The third-order valence-electron chi connectivity index (χ3n) is 4.94. The summed E-state index contributed by atoms with van der Waals surface area (Å²) in [6.07, 6.45) is 12.9. The Kier molecular flexibility index (Phi) is 11.1. The molecule has 2 N–H and O–H groups in total. The van der Waals surface area contributed by atoms with Crippen LogP contribution in [0.1, 0.15) is 64.7 Å². The molecule has 0 aliphatic heterocycles. The van der Waals surface area contributed by atoms with Crippen molar-refractivity contribution in [3.63, 3.8) is 0 Å². The highest BCUT2D eigenvalue weighted by Crippen LogP contribution is 2.33. The first-order valence-electron chi connectivity index (χ1n) is 9.78. The number of allylic oxidation sites excluding steroid dienone is 3. The molecule has 1 unspecified atom stereocenters. The van der Waals surface area contributed by atoms with Gasteiger partial charge in [0, 0.05) is 24.7 Å². The fraction of sp³-hybridized carbons (Fsp3) is 0.714. The van der Waals surface area contributed by atoms with Crippen molar-refractivity contribution in [3.8, 4) is 0 Å². The molecule has 26 heavy (non-hydrogen) atoms. The Balaban J connectivity index is 2.46. The van der Waals surface area contributed by atoms with Gasteiger partial charge in [-0.2, -0.15) is 0 Å². The van der Waals surface area contributed by atoms with E-state index in [2.05, 4.69) is 11.7 Å². The van der Waals surface area contributed by atoms with Gasteiger partial charge in [0.2, 0.25) is 0 Å². The Hall–Kier alpha value is -1.46. The van der Waals surface area contributed by atoms with Gasteiger partial charge in [-0.25, -0.2) is 0 Å². The Morgan fingerprint density at radius 2 is 2.08 bits per heavy atom. The van der Waals surface area contributed by atoms with Gasteiger partial charge in [0.1, 0.15) is 5.78 Å². The Morgan fingerprint density at radius 3 is 2.77 bits per heavy atom. The van der Waals surface area contributed by atoms with Gasteiger partial charge in [0.25, 0.3) is 0 Å². The Labute approximate surface area is 157 Å². The number of aliphatic hydroxyl groups excluding tert-OH is 2. The second-order valence-electron chi connectivity index (χ2n) is 7.05. The smallest absolute Gasteiger partial charge is 0.305 e. The number of carbonyl (C=O) groups is 2. The van der Waals surface area contributed by atoms with Gasteiger partial charge < -0.3 is 14.9 Å². The number of Topliss-reactive ketones (excluding diaryl/α,β-unsaturated/α-hetero) is 1. The first-order valence-corrected chi connectivity index (χ1v) is 9.78. The second-order valence-corrected chi connectivity index (χ2v) is 7.05. The minimum atomic E-state index is -0.630. The fourth-order valence-corrected chi connectivity index (χ4v) is 3.31. The molecule has 0 aromatic rings. The molecule has 0 bridgehead atoms. The number of aliphatic hydroxyl groups is 2. The van der Waals surface area contributed by atoms with Crippen LogP contribution in [0.3, 0.4) is 0 Å². The summed E-state index contributed by atoms with van der Waals surface area (Å²) in [7, 11) is 1.38. The van der Waals surface area contributed by atoms with E-state index in [1.54, 1.807) is 12.2 Å². The molecule has 1 fully saturated rings. The average molecular weight is 366 g/mol. The molecule has 0 amide bonds. The zero-order valence-electron chi connectivity index (χ0n) is 16.1. The van der Waals surface area contributed by atoms with Crippen LogP contribution in [-0.2, 0) is 14.3 Å². The summed E-state index contributed by atoms with van der Waals surface area (Å²) in [5.74, 6) is -0.638. The summed E-state index contributed by atoms with van der Waals surface area (Å²) < 4.78 is 4.59. The van der Waals surface area contributed by atoms with Crippen molar-refractivity contribution >= 4 is 11.8 Å². The Bertz CT molecular complexity index is 483. The van der Waals surface area contributed by atoms with E-state index in [1.807, 2.05) is 12.2 Å². The van der Waals surface area contributed by atoms with E-state index in [0.29, 0.717) is 19.3 Å². The zero-order chi connectivity index (χ0) is 19.4. The van der Waals surface area contributed by atoms with Crippen molar-refractivity contribution in [2.75, 3.05) is 7.11 Å². The van der Waals surface area contributed by atoms with E-state index in [1.165, 1.54) is 7.11 Å². The Morgan fingerprint density at radius 1 is 1.31 bits per heavy atom. The van der Waals surface area contributed by atoms with Gasteiger partial charge in [0.15, 0.2) is 0 Å². The average Bonchev–Trinajstić information content (AvgIpc) is 2.89. The van der Waals surface area contributed by atoms with Gasteiger partial charge >= 0.3 is 5.97 Å². The lowest BCUT2D eigenvalue weighted by Crippen LogP contribution is -2.19. The minimum Gasteiger partial charge on any atom is -0.469 e. The topological polar surface area (TPSA) is 83.8 Å². The molecular formula is C21H34O5. The predicted octanol–water partition coefficient (Wildman–Crippen LogP) is 3.34. The third-order valence-corrected chi connectivity index (χ3v) is 4.94. The van der Waals surface area contributed by atoms with Crippen LogP contribution in [0.2, 0.25) is 0 Å². The highest BCUT2D eigenvalue weighted by atomic mass is 16.5. The molecule has 0 saturated heterocycles.